The van der Waals surface area contributed by atoms with Gasteiger partial charge in [-0.05, 0) is 31.2 Å². The van der Waals surface area contributed by atoms with Crippen LogP contribution in [0.3, 0.4) is 0 Å². The summed E-state index contributed by atoms with van der Waals surface area (Å²) in [5, 5.41) is 9.64. The minimum absolute atomic E-state index is 0.177. The second-order valence-electron chi connectivity index (χ2n) is 3.81. The number of aliphatic hydroxyl groups is 1. The molecule has 0 bridgehead atoms. The Morgan fingerprint density at radius 2 is 1.94 bits per heavy atom. The van der Waals surface area contributed by atoms with Crippen molar-refractivity contribution in [2.75, 3.05) is 0 Å². The van der Waals surface area contributed by atoms with Crippen LogP contribution in [0.5, 0.6) is 0 Å². The largest absolute Gasteiger partial charge is 0.416 e. The summed E-state index contributed by atoms with van der Waals surface area (Å²) in [4.78, 5) is 0. The molecule has 2 nitrogen and oxygen atoms in total. The zero-order chi connectivity index (χ0) is 12.6. The van der Waals surface area contributed by atoms with Crippen molar-refractivity contribution in [1.29, 1.82) is 0 Å². The Balaban J connectivity index is 2.64. The third kappa shape index (κ3) is 2.02. The van der Waals surface area contributed by atoms with E-state index in [1.165, 1.54) is 6.07 Å². The fraction of sp³-hybridized carbons (Fsp3) is 0.333. The van der Waals surface area contributed by atoms with Gasteiger partial charge in [-0.2, -0.15) is 13.2 Å². The van der Waals surface area contributed by atoms with Crippen molar-refractivity contribution < 1.29 is 18.3 Å². The normalized spacial score (nSPS) is 12.3. The summed E-state index contributed by atoms with van der Waals surface area (Å²) in [7, 11) is 0. The first-order valence-corrected chi connectivity index (χ1v) is 5.27. The van der Waals surface area contributed by atoms with Crippen molar-refractivity contribution in [3.63, 3.8) is 0 Å². The molecule has 0 aliphatic heterocycles. The van der Waals surface area contributed by atoms with Crippen molar-refractivity contribution in [1.82, 2.24) is 4.57 Å². The fourth-order valence-electron chi connectivity index (χ4n) is 2.01. The fourth-order valence-corrected chi connectivity index (χ4v) is 2.01. The van der Waals surface area contributed by atoms with Crippen LogP contribution in [0, 0.1) is 0 Å². The first-order valence-electron chi connectivity index (χ1n) is 5.27. The van der Waals surface area contributed by atoms with E-state index in [1.54, 1.807) is 10.6 Å². The topological polar surface area (TPSA) is 25.2 Å². The molecule has 0 amide bonds. The third-order valence-electron chi connectivity index (χ3n) is 2.79. The first kappa shape index (κ1) is 12.0. The van der Waals surface area contributed by atoms with Gasteiger partial charge in [0.05, 0.1) is 12.2 Å². The molecule has 0 spiro atoms. The lowest BCUT2D eigenvalue weighted by molar-refractivity contribution is -0.137. The highest BCUT2D eigenvalue weighted by molar-refractivity contribution is 5.82. The Hall–Kier alpha value is -1.49. The van der Waals surface area contributed by atoms with Crippen molar-refractivity contribution in [2.24, 2.45) is 0 Å². The highest BCUT2D eigenvalue weighted by Gasteiger charge is 2.30. The second kappa shape index (κ2) is 4.07. The second-order valence-corrected chi connectivity index (χ2v) is 3.81. The number of aromatic nitrogens is 1. The molecular formula is C12H12F3NO. The summed E-state index contributed by atoms with van der Waals surface area (Å²) in [6.07, 6.45) is -4.33. The van der Waals surface area contributed by atoms with Gasteiger partial charge in [-0.15, -0.1) is 0 Å². The molecular weight excluding hydrogens is 231 g/mol. The third-order valence-corrected chi connectivity index (χ3v) is 2.79. The van der Waals surface area contributed by atoms with Gasteiger partial charge >= 0.3 is 6.18 Å². The van der Waals surface area contributed by atoms with Crippen molar-refractivity contribution in [3.05, 3.63) is 35.5 Å². The van der Waals surface area contributed by atoms with Crippen LogP contribution < -0.4 is 0 Å². The lowest BCUT2D eigenvalue weighted by Crippen LogP contribution is -2.04. The van der Waals surface area contributed by atoms with Gasteiger partial charge < -0.3 is 9.67 Å². The molecule has 17 heavy (non-hydrogen) atoms. The number of halogens is 3. The minimum Gasteiger partial charge on any atom is -0.390 e. The molecule has 0 radical (unpaired) electrons. The van der Waals surface area contributed by atoms with Crippen LogP contribution in [0.2, 0.25) is 0 Å². The molecule has 1 N–H and O–H groups in total. The number of aryl methyl sites for hydroxylation is 1. The van der Waals surface area contributed by atoms with Gasteiger partial charge in [0.1, 0.15) is 0 Å². The predicted molar refractivity (Wildman–Crippen MR) is 58.5 cm³/mol. The molecule has 1 heterocycles. The molecule has 0 unspecified atom stereocenters. The molecule has 0 saturated heterocycles. The van der Waals surface area contributed by atoms with Gasteiger partial charge in [-0.1, -0.05) is 0 Å². The maximum atomic E-state index is 12.5. The Morgan fingerprint density at radius 1 is 1.24 bits per heavy atom. The van der Waals surface area contributed by atoms with Crippen LogP contribution in [0.4, 0.5) is 13.2 Å². The Kier molecular flexibility index (Phi) is 2.87. The van der Waals surface area contributed by atoms with Crippen LogP contribution in [-0.4, -0.2) is 9.67 Å². The standard InChI is InChI=1S/C12H12F3NO/c1-2-16-10(7-17)6-8-5-9(12(13,14)15)3-4-11(8)16/h3-6,17H,2,7H2,1H3. The van der Waals surface area contributed by atoms with Crippen LogP contribution in [0.15, 0.2) is 24.3 Å². The molecule has 92 valence electrons. The molecule has 5 heteroatoms. The van der Waals surface area contributed by atoms with E-state index in [0.717, 1.165) is 12.1 Å². The van der Waals surface area contributed by atoms with Crippen LogP contribution in [0.1, 0.15) is 18.2 Å². The van der Waals surface area contributed by atoms with Gasteiger partial charge in [0.25, 0.3) is 0 Å². The molecule has 0 atom stereocenters. The van der Waals surface area contributed by atoms with Gasteiger partial charge in [0.2, 0.25) is 0 Å². The number of hydrogen-bond acceptors (Lipinski definition) is 1. The number of hydrogen-bond donors (Lipinski definition) is 1. The van der Waals surface area contributed by atoms with Gasteiger partial charge in [-0.3, -0.25) is 0 Å². The van der Waals surface area contributed by atoms with E-state index in [-0.39, 0.29) is 6.61 Å². The molecule has 0 saturated carbocycles. The molecule has 0 aliphatic rings. The predicted octanol–water partition coefficient (Wildman–Crippen LogP) is 3.17. The number of rotatable bonds is 2. The number of fused-ring (bicyclic) bond motifs is 1. The minimum atomic E-state index is -4.33. The number of benzene rings is 1. The monoisotopic (exact) mass is 243 g/mol. The zero-order valence-electron chi connectivity index (χ0n) is 9.25. The molecule has 0 fully saturated rings. The van der Waals surface area contributed by atoms with E-state index in [2.05, 4.69) is 0 Å². The lowest BCUT2D eigenvalue weighted by Gasteiger charge is -2.08. The summed E-state index contributed by atoms with van der Waals surface area (Å²) >= 11 is 0. The Labute approximate surface area is 96.3 Å². The van der Waals surface area contributed by atoms with E-state index in [1.807, 2.05) is 6.92 Å². The van der Waals surface area contributed by atoms with Gasteiger partial charge in [0, 0.05) is 23.1 Å². The van der Waals surface area contributed by atoms with Gasteiger partial charge in [0.15, 0.2) is 0 Å². The van der Waals surface area contributed by atoms with Crippen molar-refractivity contribution in [2.45, 2.75) is 26.3 Å². The number of nitrogens with zero attached hydrogens (tertiary/aromatic N) is 1. The van der Waals surface area contributed by atoms with Crippen LogP contribution in [-0.2, 0) is 19.3 Å². The van der Waals surface area contributed by atoms with Crippen molar-refractivity contribution >= 4 is 10.9 Å². The maximum absolute atomic E-state index is 12.5. The van der Waals surface area contributed by atoms with Crippen LogP contribution >= 0.6 is 0 Å². The first-order chi connectivity index (χ1) is 7.97. The highest BCUT2D eigenvalue weighted by atomic mass is 19.4. The number of aliphatic hydroxyl groups excluding tert-OH is 1. The summed E-state index contributed by atoms with van der Waals surface area (Å²) < 4.78 is 39.4. The molecule has 2 rings (SSSR count). The van der Waals surface area contributed by atoms with E-state index in [0.29, 0.717) is 23.1 Å². The lowest BCUT2D eigenvalue weighted by atomic mass is 10.1. The molecule has 1 aromatic carbocycles. The maximum Gasteiger partial charge on any atom is 0.416 e. The zero-order valence-corrected chi connectivity index (χ0v) is 9.25. The average molecular weight is 243 g/mol. The van der Waals surface area contributed by atoms with Crippen LogP contribution in [0.25, 0.3) is 10.9 Å². The summed E-state index contributed by atoms with van der Waals surface area (Å²) in [6, 6.07) is 5.21. The van der Waals surface area contributed by atoms with E-state index >= 15 is 0 Å². The van der Waals surface area contributed by atoms with E-state index < -0.39 is 11.7 Å². The quantitative estimate of drug-likeness (QED) is 0.861. The summed E-state index contributed by atoms with van der Waals surface area (Å²) in [5.74, 6) is 0. The molecule has 1 aromatic heterocycles. The Bertz CT molecular complexity index is 542. The molecule has 0 aliphatic carbocycles. The average Bonchev–Trinajstić information content (AvgIpc) is 2.64. The highest BCUT2D eigenvalue weighted by Crippen LogP contribution is 2.32. The SMILES string of the molecule is CCn1c(CO)cc2cc(C(F)(F)F)ccc21. The Morgan fingerprint density at radius 3 is 2.47 bits per heavy atom. The summed E-state index contributed by atoms with van der Waals surface area (Å²) in [5.41, 5.74) is 0.675. The van der Waals surface area contributed by atoms with Crippen molar-refractivity contribution in [3.8, 4) is 0 Å². The van der Waals surface area contributed by atoms with Gasteiger partial charge in [-0.25, -0.2) is 0 Å². The number of alkyl halides is 3. The summed E-state index contributed by atoms with van der Waals surface area (Å²) in [6.45, 7) is 2.32. The molecule has 2 aromatic rings. The smallest absolute Gasteiger partial charge is 0.390 e. The van der Waals surface area contributed by atoms with E-state index in [9.17, 15) is 13.2 Å². The van der Waals surface area contributed by atoms with E-state index in [4.69, 9.17) is 5.11 Å².